The molecule has 0 aliphatic carbocycles. The fourth-order valence-corrected chi connectivity index (χ4v) is 3.10. The van der Waals surface area contributed by atoms with Crippen LogP contribution in [-0.4, -0.2) is 9.38 Å². The predicted octanol–water partition coefficient (Wildman–Crippen LogP) is 5.25. The Kier molecular flexibility index (Phi) is 3.60. The highest BCUT2D eigenvalue weighted by atomic mass is 35.5. The molecule has 2 nitrogen and oxygen atoms in total. The van der Waals surface area contributed by atoms with Gasteiger partial charge in [0.15, 0.2) is 0 Å². The molecule has 0 spiro atoms. The number of rotatable bonds is 3. The van der Waals surface area contributed by atoms with Gasteiger partial charge in [0.1, 0.15) is 5.65 Å². The average molecular weight is 319 g/mol. The second-order valence-electron chi connectivity index (χ2n) is 5.51. The van der Waals surface area contributed by atoms with Gasteiger partial charge in [-0.15, -0.1) is 0 Å². The molecule has 2 heterocycles. The molecule has 112 valence electrons. The Morgan fingerprint density at radius 1 is 0.870 bits per heavy atom. The number of halogens is 1. The van der Waals surface area contributed by atoms with Crippen LogP contribution in [0.15, 0.2) is 79.0 Å². The van der Waals surface area contributed by atoms with Crippen LogP contribution in [0.2, 0.25) is 5.02 Å². The number of aromatic nitrogens is 2. The molecule has 0 aliphatic rings. The number of hydrogen-bond acceptors (Lipinski definition) is 1. The highest BCUT2D eigenvalue weighted by Gasteiger charge is 2.14. The third-order valence-corrected chi connectivity index (χ3v) is 4.17. The summed E-state index contributed by atoms with van der Waals surface area (Å²) in [6.07, 6.45) is 2.85. The highest BCUT2D eigenvalue weighted by Crippen LogP contribution is 2.27. The summed E-state index contributed by atoms with van der Waals surface area (Å²) in [5.41, 5.74) is 5.47. The first-order chi connectivity index (χ1) is 11.3. The first kappa shape index (κ1) is 14.0. The first-order valence-corrected chi connectivity index (χ1v) is 7.95. The van der Waals surface area contributed by atoms with Crippen molar-refractivity contribution in [2.75, 3.05) is 0 Å². The topological polar surface area (TPSA) is 17.3 Å². The zero-order valence-electron chi connectivity index (χ0n) is 12.5. The molecule has 0 aliphatic heterocycles. The van der Waals surface area contributed by atoms with Crippen molar-refractivity contribution in [2.24, 2.45) is 0 Å². The summed E-state index contributed by atoms with van der Waals surface area (Å²) in [4.78, 5) is 4.83. The van der Waals surface area contributed by atoms with Crippen molar-refractivity contribution in [3.8, 4) is 11.3 Å². The molecular formula is C20H15ClN2. The van der Waals surface area contributed by atoms with Crippen molar-refractivity contribution in [1.82, 2.24) is 9.38 Å². The molecular weight excluding hydrogens is 304 g/mol. The Balaban J connectivity index is 1.89. The zero-order chi connectivity index (χ0) is 15.6. The van der Waals surface area contributed by atoms with Crippen molar-refractivity contribution in [3.63, 3.8) is 0 Å². The Hall–Kier alpha value is -2.58. The number of nitrogens with zero attached hydrogens (tertiary/aromatic N) is 2. The number of benzene rings is 2. The van der Waals surface area contributed by atoms with Gasteiger partial charge in [-0.3, -0.25) is 0 Å². The van der Waals surface area contributed by atoms with Crippen molar-refractivity contribution >= 4 is 17.2 Å². The van der Waals surface area contributed by atoms with E-state index in [1.54, 1.807) is 0 Å². The number of pyridine rings is 1. The summed E-state index contributed by atoms with van der Waals surface area (Å²) in [5, 5.41) is 0.762. The molecule has 23 heavy (non-hydrogen) atoms. The summed E-state index contributed by atoms with van der Waals surface area (Å²) in [5.74, 6) is 0. The van der Waals surface area contributed by atoms with Crippen molar-refractivity contribution in [3.05, 3.63) is 95.3 Å². The fraction of sp³-hybridized carbons (Fsp3) is 0.0500. The Bertz CT molecular complexity index is 958. The fourth-order valence-electron chi connectivity index (χ4n) is 2.88. The van der Waals surface area contributed by atoms with Gasteiger partial charge < -0.3 is 4.40 Å². The van der Waals surface area contributed by atoms with Gasteiger partial charge in [0, 0.05) is 23.2 Å². The Morgan fingerprint density at radius 2 is 1.70 bits per heavy atom. The third kappa shape index (κ3) is 2.73. The third-order valence-electron chi connectivity index (χ3n) is 3.94. The van der Waals surface area contributed by atoms with E-state index in [-0.39, 0.29) is 0 Å². The van der Waals surface area contributed by atoms with E-state index >= 15 is 0 Å². The maximum absolute atomic E-state index is 6.14. The molecule has 2 aromatic heterocycles. The van der Waals surface area contributed by atoms with Gasteiger partial charge in [-0.05, 0) is 29.8 Å². The van der Waals surface area contributed by atoms with Crippen molar-refractivity contribution in [1.29, 1.82) is 0 Å². The highest BCUT2D eigenvalue weighted by molar-refractivity contribution is 6.30. The predicted molar refractivity (Wildman–Crippen MR) is 94.9 cm³/mol. The summed E-state index contributed by atoms with van der Waals surface area (Å²) >= 11 is 6.14. The van der Waals surface area contributed by atoms with Crippen LogP contribution in [0.1, 0.15) is 11.3 Å². The Labute approximate surface area is 140 Å². The van der Waals surface area contributed by atoms with Crippen LogP contribution in [0.4, 0.5) is 0 Å². The Morgan fingerprint density at radius 3 is 2.52 bits per heavy atom. The lowest BCUT2D eigenvalue weighted by Gasteiger charge is -2.06. The van der Waals surface area contributed by atoms with Crippen LogP contribution in [0, 0.1) is 0 Å². The van der Waals surface area contributed by atoms with Gasteiger partial charge >= 0.3 is 0 Å². The molecule has 0 N–H and O–H groups in total. The van der Waals surface area contributed by atoms with E-state index in [1.807, 2.05) is 54.6 Å². The van der Waals surface area contributed by atoms with E-state index in [0.29, 0.717) is 0 Å². The lowest BCUT2D eigenvalue weighted by Crippen LogP contribution is -1.96. The largest absolute Gasteiger partial charge is 0.303 e. The van der Waals surface area contributed by atoms with Gasteiger partial charge in [-0.25, -0.2) is 4.98 Å². The van der Waals surface area contributed by atoms with Gasteiger partial charge in [0.05, 0.1) is 11.4 Å². The van der Waals surface area contributed by atoms with E-state index in [9.17, 15) is 0 Å². The van der Waals surface area contributed by atoms with Crippen LogP contribution in [0.5, 0.6) is 0 Å². The minimum Gasteiger partial charge on any atom is -0.303 e. The summed E-state index contributed by atoms with van der Waals surface area (Å²) in [7, 11) is 0. The smallest absolute Gasteiger partial charge is 0.137 e. The van der Waals surface area contributed by atoms with Gasteiger partial charge in [0.25, 0.3) is 0 Å². The maximum atomic E-state index is 6.14. The second-order valence-corrected chi connectivity index (χ2v) is 5.95. The summed E-state index contributed by atoms with van der Waals surface area (Å²) in [6, 6.07) is 24.4. The standard InChI is InChI=1S/C20H15ClN2/c21-17-10-6-7-15(13-17)14-18-20(16-8-2-1-3-9-16)22-19-11-4-5-12-23(18)19/h1-13H,14H2. The zero-order valence-corrected chi connectivity index (χ0v) is 13.2. The molecule has 0 saturated heterocycles. The lowest BCUT2D eigenvalue weighted by molar-refractivity contribution is 1.03. The average Bonchev–Trinajstić information content (AvgIpc) is 2.95. The molecule has 0 fully saturated rings. The van der Waals surface area contributed by atoms with Crippen molar-refractivity contribution in [2.45, 2.75) is 6.42 Å². The molecule has 0 unspecified atom stereocenters. The van der Waals surface area contributed by atoms with Crippen LogP contribution in [0.25, 0.3) is 16.9 Å². The minimum atomic E-state index is 0.762. The maximum Gasteiger partial charge on any atom is 0.137 e. The van der Waals surface area contributed by atoms with E-state index in [2.05, 4.69) is 28.8 Å². The van der Waals surface area contributed by atoms with E-state index in [1.165, 1.54) is 11.3 Å². The normalized spacial score (nSPS) is 11.0. The first-order valence-electron chi connectivity index (χ1n) is 7.57. The van der Waals surface area contributed by atoms with Gasteiger partial charge in [0.2, 0.25) is 0 Å². The molecule has 4 rings (SSSR count). The minimum absolute atomic E-state index is 0.762. The van der Waals surface area contributed by atoms with Gasteiger partial charge in [-0.2, -0.15) is 0 Å². The van der Waals surface area contributed by atoms with E-state index in [4.69, 9.17) is 16.6 Å². The molecule has 0 bridgehead atoms. The molecule has 4 aromatic rings. The SMILES string of the molecule is Clc1cccc(Cc2c(-c3ccccc3)nc3ccccn23)c1. The number of hydrogen-bond donors (Lipinski definition) is 0. The van der Waals surface area contributed by atoms with Crippen LogP contribution < -0.4 is 0 Å². The van der Waals surface area contributed by atoms with Crippen LogP contribution in [-0.2, 0) is 6.42 Å². The molecule has 0 radical (unpaired) electrons. The van der Waals surface area contributed by atoms with Crippen LogP contribution in [0.3, 0.4) is 0 Å². The molecule has 3 heteroatoms. The second kappa shape index (κ2) is 5.90. The lowest BCUT2D eigenvalue weighted by atomic mass is 10.0. The van der Waals surface area contributed by atoms with E-state index < -0.39 is 0 Å². The molecule has 0 amide bonds. The summed E-state index contributed by atoms with van der Waals surface area (Å²) < 4.78 is 2.16. The number of imidazole rings is 1. The monoisotopic (exact) mass is 318 g/mol. The van der Waals surface area contributed by atoms with E-state index in [0.717, 1.165) is 28.3 Å². The van der Waals surface area contributed by atoms with Gasteiger partial charge in [-0.1, -0.05) is 60.1 Å². The van der Waals surface area contributed by atoms with Crippen LogP contribution >= 0.6 is 11.6 Å². The molecule has 2 aromatic carbocycles. The molecule has 0 atom stereocenters. The van der Waals surface area contributed by atoms with Crippen molar-refractivity contribution < 1.29 is 0 Å². The summed E-state index contributed by atoms with van der Waals surface area (Å²) in [6.45, 7) is 0. The quantitative estimate of drug-likeness (QED) is 0.504. The molecule has 0 saturated carbocycles. The number of fused-ring (bicyclic) bond motifs is 1.